The second-order valence-electron chi connectivity index (χ2n) is 14.6. The average molecular weight is 711 g/mol. The summed E-state index contributed by atoms with van der Waals surface area (Å²) in [6, 6.07) is 10.8. The summed E-state index contributed by atoms with van der Waals surface area (Å²) in [6.45, 7) is 4.92. The predicted octanol–water partition coefficient (Wildman–Crippen LogP) is 6.06. The van der Waals surface area contributed by atoms with E-state index in [4.69, 9.17) is 25.8 Å². The average Bonchev–Trinajstić information content (AvgIpc) is 3.51. The van der Waals surface area contributed by atoms with Crippen LogP contribution in [0.5, 0.6) is 5.75 Å². The Bertz CT molecular complexity index is 1740. The fraction of sp³-hybridized carbons (Fsp3) is 0.568. The molecule has 7 rings (SSSR count). The van der Waals surface area contributed by atoms with E-state index in [1.165, 1.54) is 11.1 Å². The van der Waals surface area contributed by atoms with E-state index in [2.05, 4.69) is 43.6 Å². The Kier molecular flexibility index (Phi) is 9.98. The van der Waals surface area contributed by atoms with E-state index >= 15 is 0 Å². The quantitative estimate of drug-likeness (QED) is 0.372. The second kappa shape index (κ2) is 14.2. The molecular formula is C37H47ClN4O6S. The van der Waals surface area contributed by atoms with Crippen molar-refractivity contribution in [3.63, 3.8) is 0 Å². The lowest BCUT2D eigenvalue weighted by molar-refractivity contribution is 0.0131. The molecular weight excluding hydrogens is 664 g/mol. The van der Waals surface area contributed by atoms with E-state index in [1.807, 2.05) is 25.1 Å². The molecule has 264 valence electrons. The van der Waals surface area contributed by atoms with Gasteiger partial charge in [0.15, 0.2) is 0 Å². The van der Waals surface area contributed by atoms with Gasteiger partial charge in [-0.25, -0.2) is 9.00 Å². The van der Waals surface area contributed by atoms with Crippen LogP contribution in [0.15, 0.2) is 52.9 Å². The Morgan fingerprint density at radius 2 is 2.06 bits per heavy atom. The first-order valence-electron chi connectivity index (χ1n) is 17.6. The molecule has 0 aromatic heterocycles. The molecule has 1 spiro atoms. The molecule has 1 saturated heterocycles. The molecule has 2 bridgehead atoms. The summed E-state index contributed by atoms with van der Waals surface area (Å²) >= 11 is 6.45. The number of hydrogen-bond donors (Lipinski definition) is 2. The van der Waals surface area contributed by atoms with Crippen molar-refractivity contribution in [3.05, 3.63) is 70.3 Å². The van der Waals surface area contributed by atoms with Gasteiger partial charge < -0.3 is 24.4 Å². The van der Waals surface area contributed by atoms with Gasteiger partial charge in [0.05, 0.1) is 36.8 Å². The van der Waals surface area contributed by atoms with E-state index in [0.29, 0.717) is 55.8 Å². The third-order valence-electron chi connectivity index (χ3n) is 11.0. The summed E-state index contributed by atoms with van der Waals surface area (Å²) in [7, 11) is -1.72. The maximum atomic E-state index is 14.4. The Labute approximate surface area is 294 Å². The van der Waals surface area contributed by atoms with Gasteiger partial charge in [0, 0.05) is 42.8 Å². The highest BCUT2D eigenvalue weighted by Crippen LogP contribution is 2.47. The number of urea groups is 1. The Morgan fingerprint density at radius 3 is 2.84 bits per heavy atom. The molecule has 1 unspecified atom stereocenters. The van der Waals surface area contributed by atoms with Crippen LogP contribution in [0.2, 0.25) is 5.02 Å². The minimum Gasteiger partial charge on any atom is -0.490 e. The number of nitrogens with zero attached hydrogens (tertiary/aromatic N) is 2. The molecule has 12 heteroatoms. The maximum absolute atomic E-state index is 14.4. The standard InChI is InChI=1S/C37H47ClN4O6S/c1-24-5-3-7-33(46-2)30-11-8-27(30)19-42-22-37(15-4-6-25-17-28(38)10-12-31(25)37)23-48-34-13-9-26(18-32(34)42)35(43)40-49(45,21-24)41-36(44)39-29-14-16-47-20-29/h3,7,9-10,12-13,17-18,24,27,29-30,33H,4-6,8,11,14-16,19-23H2,1-2H3,(H2,39,40,41,43,44,45)/b7-3-/t24-,27-,29-,30+,33-,37-,49?/m0/s1. The topological polar surface area (TPSA) is 119 Å². The largest absolute Gasteiger partial charge is 0.490 e. The van der Waals surface area contributed by atoms with Gasteiger partial charge in [0.1, 0.15) is 15.7 Å². The van der Waals surface area contributed by atoms with Crippen LogP contribution in [0.4, 0.5) is 10.5 Å². The number of rotatable bonds is 3. The van der Waals surface area contributed by atoms with Crippen molar-refractivity contribution in [1.82, 2.24) is 10.0 Å². The highest BCUT2D eigenvalue weighted by atomic mass is 35.5. The molecule has 49 heavy (non-hydrogen) atoms. The molecule has 2 aromatic rings. The highest BCUT2D eigenvalue weighted by molar-refractivity contribution is 7.92. The molecule has 2 fully saturated rings. The number of allylic oxidation sites excluding steroid dienone is 1. The summed E-state index contributed by atoms with van der Waals surface area (Å²) in [5.41, 5.74) is 3.42. The van der Waals surface area contributed by atoms with E-state index in [0.717, 1.165) is 55.9 Å². The fourth-order valence-electron chi connectivity index (χ4n) is 8.38. The molecule has 3 amide bonds. The van der Waals surface area contributed by atoms with Crippen LogP contribution < -0.4 is 19.7 Å². The first-order chi connectivity index (χ1) is 23.6. The maximum Gasteiger partial charge on any atom is 0.327 e. The SMILES string of the molecule is CO[C@H]1/C=C\C[C@H](C)CS(=O)(NC(=O)N[C@H]2CCOC2)=NC(=O)c2ccc3c(c2)N(C[C@@H]2CC[C@H]21)C[C@@]1(CCCc2cc(Cl)ccc21)CO3. The minimum atomic E-state index is -3.48. The van der Waals surface area contributed by atoms with Gasteiger partial charge in [-0.15, -0.1) is 4.36 Å². The van der Waals surface area contributed by atoms with E-state index in [9.17, 15) is 13.8 Å². The smallest absolute Gasteiger partial charge is 0.327 e. The van der Waals surface area contributed by atoms with Crippen LogP contribution in [0, 0.1) is 17.8 Å². The summed E-state index contributed by atoms with van der Waals surface area (Å²) in [6.07, 6.45) is 10.6. The summed E-state index contributed by atoms with van der Waals surface area (Å²) in [4.78, 5) is 29.3. The van der Waals surface area contributed by atoms with Crippen LogP contribution in [-0.4, -0.2) is 74.1 Å². The lowest BCUT2D eigenvalue weighted by Gasteiger charge is -2.46. The van der Waals surface area contributed by atoms with Gasteiger partial charge in [-0.05, 0) is 104 Å². The number of ether oxygens (including phenoxy) is 3. The van der Waals surface area contributed by atoms with Crippen molar-refractivity contribution in [2.45, 2.75) is 69.4 Å². The zero-order valence-corrected chi connectivity index (χ0v) is 29.9. The number of nitrogens with one attached hydrogen (secondary N) is 2. The minimum absolute atomic E-state index is 0.0213. The molecule has 10 nitrogen and oxygen atoms in total. The molecule has 1 saturated carbocycles. The van der Waals surface area contributed by atoms with E-state index in [-0.39, 0.29) is 29.2 Å². The number of aryl methyl sites for hydroxylation is 1. The molecule has 3 aliphatic heterocycles. The predicted molar refractivity (Wildman–Crippen MR) is 191 cm³/mol. The molecule has 5 aliphatic rings. The zero-order valence-electron chi connectivity index (χ0n) is 28.3. The molecule has 7 atom stereocenters. The van der Waals surface area contributed by atoms with Gasteiger partial charge in [-0.1, -0.05) is 36.7 Å². The van der Waals surface area contributed by atoms with Crippen LogP contribution in [0.3, 0.4) is 0 Å². The number of fused-ring (bicyclic) bond motifs is 4. The number of amides is 3. The number of carbonyl (C=O) groups excluding carboxylic acids is 2. The summed E-state index contributed by atoms with van der Waals surface area (Å²) in [5, 5.41) is 3.57. The number of hydrogen-bond acceptors (Lipinski definition) is 7. The molecule has 2 aliphatic carbocycles. The molecule has 3 heterocycles. The summed E-state index contributed by atoms with van der Waals surface area (Å²) in [5.74, 6) is 0.711. The van der Waals surface area contributed by atoms with E-state index in [1.54, 1.807) is 13.2 Å². The number of carbonyl (C=O) groups is 2. The van der Waals surface area contributed by atoms with Crippen LogP contribution in [0.1, 0.15) is 66.9 Å². The first-order valence-corrected chi connectivity index (χ1v) is 19.7. The van der Waals surface area contributed by atoms with Gasteiger partial charge in [-0.3, -0.25) is 9.52 Å². The van der Waals surface area contributed by atoms with Gasteiger partial charge in [-0.2, -0.15) is 0 Å². The van der Waals surface area contributed by atoms with Gasteiger partial charge >= 0.3 is 6.03 Å². The van der Waals surface area contributed by atoms with Gasteiger partial charge in [0.2, 0.25) is 0 Å². The molecule has 0 radical (unpaired) electrons. The molecule has 2 N–H and O–H groups in total. The van der Waals surface area contributed by atoms with Crippen molar-refractivity contribution in [2.75, 3.05) is 50.7 Å². The van der Waals surface area contributed by atoms with Crippen LogP contribution in [-0.2, 0) is 31.2 Å². The number of methoxy groups -OCH3 is 1. The van der Waals surface area contributed by atoms with Crippen molar-refractivity contribution in [2.24, 2.45) is 22.1 Å². The molecule has 2 aromatic carbocycles. The first kappa shape index (κ1) is 34.3. The highest BCUT2D eigenvalue weighted by Gasteiger charge is 2.44. The van der Waals surface area contributed by atoms with Crippen molar-refractivity contribution >= 4 is 39.1 Å². The zero-order chi connectivity index (χ0) is 34.2. The van der Waals surface area contributed by atoms with Gasteiger partial charge in [0.25, 0.3) is 5.91 Å². The summed E-state index contributed by atoms with van der Waals surface area (Å²) < 4.78 is 39.2. The van der Waals surface area contributed by atoms with Crippen molar-refractivity contribution in [3.8, 4) is 5.75 Å². The normalized spacial score (nSPS) is 33.6. The number of anilines is 1. The number of benzene rings is 2. The van der Waals surface area contributed by atoms with Crippen LogP contribution in [0.25, 0.3) is 0 Å². The van der Waals surface area contributed by atoms with E-state index < -0.39 is 21.9 Å². The Hall–Kier alpha value is -3.12. The fourth-order valence-corrected chi connectivity index (χ4v) is 10.4. The Balaban J connectivity index is 1.28. The lowest BCUT2D eigenvalue weighted by Crippen LogP contribution is -2.49. The third kappa shape index (κ3) is 7.36. The van der Waals surface area contributed by atoms with Crippen molar-refractivity contribution < 1.29 is 28.0 Å². The van der Waals surface area contributed by atoms with Crippen LogP contribution >= 0.6 is 11.6 Å². The third-order valence-corrected chi connectivity index (χ3v) is 13.3. The Morgan fingerprint density at radius 1 is 1.18 bits per heavy atom. The number of halogens is 1. The second-order valence-corrected chi connectivity index (χ2v) is 17.0. The lowest BCUT2D eigenvalue weighted by atomic mass is 9.68. The monoisotopic (exact) mass is 710 g/mol. The van der Waals surface area contributed by atoms with Crippen molar-refractivity contribution in [1.29, 1.82) is 0 Å².